The standard InChI is InChI=1S/C11H7F2NO3/c1-17-11(16)7-3-2-6(4-14)8(5-15)9(7)10(12)13/h2-3,5,10H,1H3. The lowest BCUT2D eigenvalue weighted by Crippen LogP contribution is -2.10. The molecular formula is C11H7F2NO3. The third-order valence-corrected chi connectivity index (χ3v) is 2.15. The van der Waals surface area contributed by atoms with Gasteiger partial charge in [0.2, 0.25) is 0 Å². The molecule has 0 atom stereocenters. The number of carbonyl (C=O) groups is 2. The maximum atomic E-state index is 12.8. The van der Waals surface area contributed by atoms with E-state index in [2.05, 4.69) is 4.74 Å². The van der Waals surface area contributed by atoms with E-state index in [-0.39, 0.29) is 11.8 Å². The zero-order valence-electron chi connectivity index (χ0n) is 8.74. The lowest BCUT2D eigenvalue weighted by Gasteiger charge is -2.10. The van der Waals surface area contributed by atoms with Gasteiger partial charge in [0.05, 0.1) is 24.3 Å². The Hall–Kier alpha value is -2.29. The number of carbonyl (C=O) groups excluding carboxylic acids is 2. The van der Waals surface area contributed by atoms with Crippen LogP contribution in [0, 0.1) is 11.3 Å². The van der Waals surface area contributed by atoms with E-state index in [4.69, 9.17) is 5.26 Å². The lowest BCUT2D eigenvalue weighted by molar-refractivity contribution is 0.0589. The maximum Gasteiger partial charge on any atom is 0.338 e. The molecule has 0 saturated heterocycles. The molecule has 6 heteroatoms. The minimum absolute atomic E-state index is 0.131. The van der Waals surface area contributed by atoms with Crippen molar-refractivity contribution in [1.82, 2.24) is 0 Å². The molecule has 0 radical (unpaired) electrons. The number of ether oxygens (including phenoxy) is 1. The molecule has 0 saturated carbocycles. The molecule has 1 rings (SSSR count). The van der Waals surface area contributed by atoms with Crippen molar-refractivity contribution >= 4 is 12.3 Å². The summed E-state index contributed by atoms with van der Waals surface area (Å²) >= 11 is 0. The SMILES string of the molecule is COC(=O)c1ccc(C#N)c(C=O)c1C(F)F. The molecule has 0 aliphatic carbocycles. The van der Waals surface area contributed by atoms with E-state index in [0.717, 1.165) is 19.2 Å². The van der Waals surface area contributed by atoms with Gasteiger partial charge in [0, 0.05) is 11.1 Å². The largest absolute Gasteiger partial charge is 0.465 e. The number of rotatable bonds is 3. The van der Waals surface area contributed by atoms with Gasteiger partial charge in [-0.05, 0) is 12.1 Å². The summed E-state index contributed by atoms with van der Waals surface area (Å²) in [6, 6.07) is 3.78. The Morgan fingerprint density at radius 1 is 1.53 bits per heavy atom. The van der Waals surface area contributed by atoms with Crippen LogP contribution in [0.25, 0.3) is 0 Å². The van der Waals surface area contributed by atoms with Crippen LogP contribution < -0.4 is 0 Å². The van der Waals surface area contributed by atoms with E-state index in [0.29, 0.717) is 0 Å². The molecule has 1 aromatic rings. The maximum absolute atomic E-state index is 12.8. The number of aldehydes is 1. The number of halogens is 2. The molecule has 0 aliphatic rings. The summed E-state index contributed by atoms with van der Waals surface area (Å²) < 4.78 is 30.0. The lowest BCUT2D eigenvalue weighted by atomic mass is 9.97. The van der Waals surface area contributed by atoms with Crippen molar-refractivity contribution in [2.75, 3.05) is 7.11 Å². The topological polar surface area (TPSA) is 67.2 Å². The first-order valence-electron chi connectivity index (χ1n) is 4.45. The second kappa shape index (κ2) is 5.16. The van der Waals surface area contributed by atoms with Crippen molar-refractivity contribution in [2.24, 2.45) is 0 Å². The molecule has 0 aliphatic heterocycles. The number of nitrogens with zero attached hydrogens (tertiary/aromatic N) is 1. The van der Waals surface area contributed by atoms with Gasteiger partial charge in [-0.2, -0.15) is 5.26 Å². The Kier molecular flexibility index (Phi) is 3.88. The average molecular weight is 239 g/mol. The molecule has 0 N–H and O–H groups in total. The fourth-order valence-corrected chi connectivity index (χ4v) is 1.38. The monoisotopic (exact) mass is 239 g/mol. The summed E-state index contributed by atoms with van der Waals surface area (Å²) in [6.45, 7) is 0. The van der Waals surface area contributed by atoms with Crippen LogP contribution in [-0.2, 0) is 4.74 Å². The Morgan fingerprint density at radius 2 is 2.18 bits per heavy atom. The zero-order valence-corrected chi connectivity index (χ0v) is 8.74. The highest BCUT2D eigenvalue weighted by Gasteiger charge is 2.24. The first kappa shape index (κ1) is 12.8. The van der Waals surface area contributed by atoms with Gasteiger partial charge in [-0.25, -0.2) is 13.6 Å². The zero-order chi connectivity index (χ0) is 13.0. The van der Waals surface area contributed by atoms with Gasteiger partial charge in [-0.3, -0.25) is 4.79 Å². The van der Waals surface area contributed by atoms with E-state index in [1.54, 1.807) is 6.07 Å². The quantitative estimate of drug-likeness (QED) is 0.598. The second-order valence-corrected chi connectivity index (χ2v) is 3.01. The molecule has 0 aromatic heterocycles. The number of benzene rings is 1. The number of alkyl halides is 2. The number of nitriles is 1. The number of esters is 1. The van der Waals surface area contributed by atoms with Gasteiger partial charge < -0.3 is 4.74 Å². The first-order valence-corrected chi connectivity index (χ1v) is 4.45. The Bertz CT molecular complexity index is 506. The van der Waals surface area contributed by atoms with Crippen LogP contribution in [0.3, 0.4) is 0 Å². The van der Waals surface area contributed by atoms with Crippen molar-refractivity contribution in [2.45, 2.75) is 6.43 Å². The summed E-state index contributed by atoms with van der Waals surface area (Å²) in [6.07, 6.45) is -2.91. The number of hydrogen-bond acceptors (Lipinski definition) is 4. The molecule has 0 fully saturated rings. The third-order valence-electron chi connectivity index (χ3n) is 2.15. The normalized spacial score (nSPS) is 9.82. The molecule has 88 valence electrons. The average Bonchev–Trinajstić information content (AvgIpc) is 2.35. The van der Waals surface area contributed by atoms with Crippen molar-refractivity contribution in [3.8, 4) is 6.07 Å². The summed E-state index contributed by atoms with van der Waals surface area (Å²) in [4.78, 5) is 22.0. The van der Waals surface area contributed by atoms with Crippen molar-refractivity contribution < 1.29 is 23.1 Å². The van der Waals surface area contributed by atoms with E-state index in [1.165, 1.54) is 0 Å². The molecule has 0 spiro atoms. The van der Waals surface area contributed by atoms with Crippen LogP contribution in [0.1, 0.15) is 38.3 Å². The molecular weight excluding hydrogens is 232 g/mol. The van der Waals surface area contributed by atoms with Gasteiger partial charge in [0.25, 0.3) is 6.43 Å². The molecule has 0 heterocycles. The van der Waals surface area contributed by atoms with Gasteiger partial charge in [0.15, 0.2) is 6.29 Å². The van der Waals surface area contributed by atoms with Gasteiger partial charge in [-0.1, -0.05) is 0 Å². The third kappa shape index (κ3) is 2.28. The predicted octanol–water partition coefficient (Wildman–Crippen LogP) is 2.09. The summed E-state index contributed by atoms with van der Waals surface area (Å²) in [5, 5.41) is 8.67. The summed E-state index contributed by atoms with van der Waals surface area (Å²) in [7, 11) is 1.04. The van der Waals surface area contributed by atoms with Crippen LogP contribution in [0.2, 0.25) is 0 Å². The fraction of sp³-hybridized carbons (Fsp3) is 0.182. The molecule has 0 unspecified atom stereocenters. The van der Waals surface area contributed by atoms with Crippen LogP contribution >= 0.6 is 0 Å². The van der Waals surface area contributed by atoms with E-state index < -0.39 is 29.1 Å². The van der Waals surface area contributed by atoms with Gasteiger partial charge in [-0.15, -0.1) is 0 Å². The van der Waals surface area contributed by atoms with Crippen molar-refractivity contribution in [3.05, 3.63) is 34.4 Å². The van der Waals surface area contributed by atoms with Crippen LogP contribution in [0.5, 0.6) is 0 Å². The molecule has 17 heavy (non-hydrogen) atoms. The molecule has 4 nitrogen and oxygen atoms in total. The minimum Gasteiger partial charge on any atom is -0.465 e. The molecule has 0 amide bonds. The van der Waals surface area contributed by atoms with Gasteiger partial charge >= 0.3 is 5.97 Å². The highest BCUT2D eigenvalue weighted by molar-refractivity contribution is 5.95. The first-order chi connectivity index (χ1) is 8.06. The number of methoxy groups -OCH3 is 1. The van der Waals surface area contributed by atoms with Crippen molar-refractivity contribution in [1.29, 1.82) is 5.26 Å². The van der Waals surface area contributed by atoms with Crippen LogP contribution in [0.15, 0.2) is 12.1 Å². The summed E-state index contributed by atoms with van der Waals surface area (Å²) in [5.41, 5.74) is -1.87. The van der Waals surface area contributed by atoms with E-state index in [9.17, 15) is 18.4 Å². The van der Waals surface area contributed by atoms with E-state index >= 15 is 0 Å². The second-order valence-electron chi connectivity index (χ2n) is 3.01. The van der Waals surface area contributed by atoms with Crippen molar-refractivity contribution in [3.63, 3.8) is 0 Å². The highest BCUT2D eigenvalue weighted by Crippen LogP contribution is 2.28. The Balaban J connectivity index is 3.60. The van der Waals surface area contributed by atoms with Gasteiger partial charge in [0.1, 0.15) is 0 Å². The van der Waals surface area contributed by atoms with Crippen LogP contribution in [-0.4, -0.2) is 19.4 Å². The summed E-state index contributed by atoms with van der Waals surface area (Å²) in [5.74, 6) is -0.979. The Morgan fingerprint density at radius 3 is 2.59 bits per heavy atom. The fourth-order valence-electron chi connectivity index (χ4n) is 1.38. The highest BCUT2D eigenvalue weighted by atomic mass is 19.3. The predicted molar refractivity (Wildman–Crippen MR) is 52.8 cm³/mol. The van der Waals surface area contributed by atoms with E-state index in [1.807, 2.05) is 0 Å². The minimum atomic E-state index is -3.04. The Labute approximate surface area is 95.4 Å². The molecule has 0 bridgehead atoms. The molecule has 1 aromatic carbocycles. The smallest absolute Gasteiger partial charge is 0.338 e. The number of hydrogen-bond donors (Lipinski definition) is 0. The van der Waals surface area contributed by atoms with Crippen LogP contribution in [0.4, 0.5) is 8.78 Å².